The molecule has 0 fully saturated rings. The summed E-state index contributed by atoms with van der Waals surface area (Å²) in [6.45, 7) is 4.50. The molecule has 0 atom stereocenters. The molecule has 0 aliphatic rings. The molecule has 0 unspecified atom stereocenters. The topological polar surface area (TPSA) is 20.2 Å². The quantitative estimate of drug-likeness (QED) is 0.666. The molecular weight excluding hydrogens is 292 g/mol. The van der Waals surface area contributed by atoms with Gasteiger partial charge in [-0.3, -0.25) is 0 Å². The molecule has 0 saturated heterocycles. The van der Waals surface area contributed by atoms with Crippen molar-refractivity contribution in [3.8, 4) is 22.3 Å². The zero-order chi connectivity index (χ0) is 16.9. The molecule has 24 heavy (non-hydrogen) atoms. The van der Waals surface area contributed by atoms with Crippen LogP contribution in [0.25, 0.3) is 22.3 Å². The highest BCUT2D eigenvalue weighted by molar-refractivity contribution is 5.72. The third-order valence-electron chi connectivity index (χ3n) is 4.53. The zero-order valence-corrected chi connectivity index (χ0v) is 14.4. The molecule has 3 aromatic rings. The Bertz CT molecular complexity index is 798. The van der Waals surface area contributed by atoms with Crippen molar-refractivity contribution >= 4 is 0 Å². The smallest absolute Gasteiger partial charge is 0.0471 e. The largest absolute Gasteiger partial charge is 0.396 e. The molecule has 3 rings (SSSR count). The Labute approximate surface area is 144 Å². The van der Waals surface area contributed by atoms with Gasteiger partial charge in [-0.2, -0.15) is 0 Å². The summed E-state index contributed by atoms with van der Waals surface area (Å²) in [6, 6.07) is 24.0. The molecule has 0 radical (unpaired) electrons. The molecule has 1 nitrogen and oxygen atoms in total. The van der Waals surface area contributed by atoms with Crippen LogP contribution in [0.2, 0.25) is 0 Å². The molecule has 1 heteroatoms. The molecule has 0 aliphatic heterocycles. The Morgan fingerprint density at radius 1 is 0.750 bits per heavy atom. The van der Waals surface area contributed by atoms with Crippen molar-refractivity contribution in [2.75, 3.05) is 6.61 Å². The first-order valence-corrected chi connectivity index (χ1v) is 8.61. The van der Waals surface area contributed by atoms with Crippen molar-refractivity contribution in [3.63, 3.8) is 0 Å². The Hall–Kier alpha value is -2.38. The highest BCUT2D eigenvalue weighted by Crippen LogP contribution is 2.28. The Morgan fingerprint density at radius 3 is 1.92 bits per heavy atom. The minimum absolute atomic E-state index is 0.202. The first kappa shape index (κ1) is 16.5. The van der Waals surface area contributed by atoms with Crippen LogP contribution in [0.3, 0.4) is 0 Å². The van der Waals surface area contributed by atoms with Gasteiger partial charge in [0.15, 0.2) is 0 Å². The van der Waals surface area contributed by atoms with Gasteiger partial charge >= 0.3 is 0 Å². The van der Waals surface area contributed by atoms with Gasteiger partial charge in [-0.15, -0.1) is 0 Å². The summed E-state index contributed by atoms with van der Waals surface area (Å²) in [6.07, 6.45) is 1.72. The molecule has 0 heterocycles. The van der Waals surface area contributed by atoms with Crippen LogP contribution in [0, 0.1) is 6.92 Å². The second-order valence-electron chi connectivity index (χ2n) is 6.26. The summed E-state index contributed by atoms with van der Waals surface area (Å²) in [5, 5.41) is 9.13. The SMILES string of the molecule is CCc1cc(CCO)ccc1-c1ccc(-c2ccc(C)cc2)cc1. The predicted octanol–water partition coefficient (Wildman–Crippen LogP) is 5.43. The molecule has 0 amide bonds. The van der Waals surface area contributed by atoms with Crippen molar-refractivity contribution in [3.05, 3.63) is 83.4 Å². The van der Waals surface area contributed by atoms with E-state index in [4.69, 9.17) is 5.11 Å². The number of hydrogen-bond acceptors (Lipinski definition) is 1. The molecule has 0 bridgehead atoms. The van der Waals surface area contributed by atoms with Gasteiger partial charge in [-0.1, -0.05) is 79.2 Å². The van der Waals surface area contributed by atoms with Crippen LogP contribution in [0.5, 0.6) is 0 Å². The van der Waals surface area contributed by atoms with Gasteiger partial charge in [0.1, 0.15) is 0 Å². The lowest BCUT2D eigenvalue weighted by Gasteiger charge is -2.11. The maximum absolute atomic E-state index is 9.13. The lowest BCUT2D eigenvalue weighted by molar-refractivity contribution is 0.299. The van der Waals surface area contributed by atoms with Crippen molar-refractivity contribution in [1.82, 2.24) is 0 Å². The molecule has 0 saturated carbocycles. The Balaban J connectivity index is 1.91. The van der Waals surface area contributed by atoms with Crippen LogP contribution in [-0.4, -0.2) is 11.7 Å². The van der Waals surface area contributed by atoms with Gasteiger partial charge in [0.05, 0.1) is 0 Å². The van der Waals surface area contributed by atoms with Gasteiger partial charge in [-0.25, -0.2) is 0 Å². The summed E-state index contributed by atoms with van der Waals surface area (Å²) in [5.41, 5.74) is 8.85. The lowest BCUT2D eigenvalue weighted by atomic mass is 9.94. The molecule has 3 aromatic carbocycles. The van der Waals surface area contributed by atoms with Crippen molar-refractivity contribution in [1.29, 1.82) is 0 Å². The van der Waals surface area contributed by atoms with Gasteiger partial charge in [0.25, 0.3) is 0 Å². The van der Waals surface area contributed by atoms with Crippen LogP contribution in [0.15, 0.2) is 66.7 Å². The number of aliphatic hydroxyl groups is 1. The summed E-state index contributed by atoms with van der Waals surface area (Å²) < 4.78 is 0. The van der Waals surface area contributed by atoms with E-state index >= 15 is 0 Å². The second-order valence-corrected chi connectivity index (χ2v) is 6.26. The van der Waals surface area contributed by atoms with Crippen LogP contribution in [0.4, 0.5) is 0 Å². The van der Waals surface area contributed by atoms with Crippen molar-refractivity contribution in [2.45, 2.75) is 26.7 Å². The van der Waals surface area contributed by atoms with Crippen LogP contribution >= 0.6 is 0 Å². The van der Waals surface area contributed by atoms with E-state index in [9.17, 15) is 0 Å². The summed E-state index contributed by atoms with van der Waals surface area (Å²) >= 11 is 0. The number of benzene rings is 3. The third kappa shape index (κ3) is 3.58. The summed E-state index contributed by atoms with van der Waals surface area (Å²) in [7, 11) is 0. The second kappa shape index (κ2) is 7.46. The van der Waals surface area contributed by atoms with Gasteiger partial charge < -0.3 is 5.11 Å². The van der Waals surface area contributed by atoms with Gasteiger partial charge in [0.2, 0.25) is 0 Å². The Kier molecular flexibility index (Phi) is 5.12. The summed E-state index contributed by atoms with van der Waals surface area (Å²) in [5.74, 6) is 0. The van der Waals surface area contributed by atoms with E-state index in [1.807, 2.05) is 0 Å². The van der Waals surface area contributed by atoms with E-state index < -0.39 is 0 Å². The molecule has 122 valence electrons. The van der Waals surface area contributed by atoms with E-state index in [0.29, 0.717) is 0 Å². The van der Waals surface area contributed by atoms with E-state index in [0.717, 1.165) is 12.8 Å². The number of rotatable bonds is 5. The van der Waals surface area contributed by atoms with E-state index in [-0.39, 0.29) is 6.61 Å². The average molecular weight is 316 g/mol. The molecule has 1 N–H and O–H groups in total. The zero-order valence-electron chi connectivity index (χ0n) is 14.4. The Morgan fingerprint density at radius 2 is 1.33 bits per heavy atom. The average Bonchev–Trinajstić information content (AvgIpc) is 2.63. The highest BCUT2D eigenvalue weighted by atomic mass is 16.2. The lowest BCUT2D eigenvalue weighted by Crippen LogP contribution is -1.95. The van der Waals surface area contributed by atoms with Crippen LogP contribution in [-0.2, 0) is 12.8 Å². The third-order valence-corrected chi connectivity index (χ3v) is 4.53. The minimum atomic E-state index is 0.202. The molecule has 0 aliphatic carbocycles. The highest BCUT2D eigenvalue weighted by Gasteiger charge is 2.06. The summed E-state index contributed by atoms with van der Waals surface area (Å²) in [4.78, 5) is 0. The number of hydrogen-bond donors (Lipinski definition) is 1. The van der Waals surface area contributed by atoms with Crippen LogP contribution < -0.4 is 0 Å². The fourth-order valence-corrected chi connectivity index (χ4v) is 3.09. The predicted molar refractivity (Wildman–Crippen MR) is 102 cm³/mol. The van der Waals surface area contributed by atoms with Crippen molar-refractivity contribution < 1.29 is 5.11 Å². The monoisotopic (exact) mass is 316 g/mol. The van der Waals surface area contributed by atoms with E-state index in [2.05, 4.69) is 80.6 Å². The maximum atomic E-state index is 9.13. The normalized spacial score (nSPS) is 10.8. The maximum Gasteiger partial charge on any atom is 0.0471 e. The minimum Gasteiger partial charge on any atom is -0.396 e. The van der Waals surface area contributed by atoms with Crippen LogP contribution in [0.1, 0.15) is 23.6 Å². The van der Waals surface area contributed by atoms with Crippen molar-refractivity contribution in [2.24, 2.45) is 0 Å². The molecule has 0 spiro atoms. The number of aryl methyl sites for hydroxylation is 2. The molecule has 0 aromatic heterocycles. The first-order valence-electron chi connectivity index (χ1n) is 8.61. The molecular formula is C23H24O. The van der Waals surface area contributed by atoms with E-state index in [1.165, 1.54) is 38.9 Å². The number of aliphatic hydroxyl groups excluding tert-OH is 1. The van der Waals surface area contributed by atoms with E-state index in [1.54, 1.807) is 0 Å². The fraction of sp³-hybridized carbons (Fsp3) is 0.217. The van der Waals surface area contributed by atoms with Gasteiger partial charge in [0, 0.05) is 6.61 Å². The fourth-order valence-electron chi connectivity index (χ4n) is 3.09. The van der Waals surface area contributed by atoms with Gasteiger partial charge in [-0.05, 0) is 53.1 Å². The standard InChI is InChI=1S/C23H24O/c1-3-19-16-18(14-15-24)6-13-23(19)22-11-9-21(10-12-22)20-7-4-17(2)5-8-20/h4-13,16,24H,3,14-15H2,1-2H3. The first-order chi connectivity index (χ1) is 11.7.